The van der Waals surface area contributed by atoms with Gasteiger partial charge in [-0.1, -0.05) is 6.92 Å². The molecule has 2 rings (SSSR count). The van der Waals surface area contributed by atoms with Crippen molar-refractivity contribution in [1.82, 2.24) is 20.4 Å². The first kappa shape index (κ1) is 12.1. The number of carbonyl (C=O) groups excluding carboxylic acids is 1. The lowest BCUT2D eigenvalue weighted by Gasteiger charge is -2.30. The molecule has 1 amide bonds. The van der Waals surface area contributed by atoms with E-state index in [4.69, 9.17) is 0 Å². The van der Waals surface area contributed by atoms with E-state index in [9.17, 15) is 4.79 Å². The maximum atomic E-state index is 11.8. The third kappa shape index (κ3) is 3.56. The van der Waals surface area contributed by atoms with Gasteiger partial charge in [0, 0.05) is 31.4 Å². The van der Waals surface area contributed by atoms with Gasteiger partial charge >= 0.3 is 0 Å². The maximum absolute atomic E-state index is 11.8. The predicted molar refractivity (Wildman–Crippen MR) is 65.4 cm³/mol. The molecule has 0 saturated carbocycles. The quantitative estimate of drug-likeness (QED) is 0.795. The Morgan fingerprint density at radius 2 is 2.53 bits per heavy atom. The molecule has 1 aliphatic heterocycles. The number of rotatable bonds is 4. The van der Waals surface area contributed by atoms with Crippen molar-refractivity contribution in [3.63, 3.8) is 0 Å². The van der Waals surface area contributed by atoms with Crippen LogP contribution in [0.2, 0.25) is 0 Å². The van der Waals surface area contributed by atoms with Gasteiger partial charge in [-0.2, -0.15) is 5.10 Å². The van der Waals surface area contributed by atoms with E-state index in [0.29, 0.717) is 24.9 Å². The van der Waals surface area contributed by atoms with Gasteiger partial charge in [0.2, 0.25) is 5.91 Å². The van der Waals surface area contributed by atoms with Gasteiger partial charge in [-0.15, -0.1) is 0 Å². The second-order valence-corrected chi connectivity index (χ2v) is 4.66. The molecule has 2 atom stereocenters. The summed E-state index contributed by atoms with van der Waals surface area (Å²) in [5.74, 6) is 0.636. The monoisotopic (exact) mass is 236 g/mol. The predicted octanol–water partition coefficient (Wildman–Crippen LogP) is 0.387. The Bertz CT molecular complexity index is 349. The third-order valence-electron chi connectivity index (χ3n) is 3.26. The highest BCUT2D eigenvalue weighted by molar-refractivity contribution is 5.76. The molecule has 2 heterocycles. The minimum absolute atomic E-state index is 0.124. The van der Waals surface area contributed by atoms with Crippen molar-refractivity contribution < 1.29 is 4.79 Å². The van der Waals surface area contributed by atoms with Gasteiger partial charge in [0.1, 0.15) is 0 Å². The van der Waals surface area contributed by atoms with E-state index in [-0.39, 0.29) is 5.91 Å². The van der Waals surface area contributed by atoms with E-state index in [0.717, 1.165) is 19.5 Å². The van der Waals surface area contributed by atoms with Gasteiger partial charge in [-0.05, 0) is 31.5 Å². The number of nitrogens with zero attached hydrogens (tertiary/aromatic N) is 2. The molecule has 17 heavy (non-hydrogen) atoms. The van der Waals surface area contributed by atoms with E-state index in [1.165, 1.54) is 0 Å². The Hall–Kier alpha value is -1.36. The lowest BCUT2D eigenvalue weighted by Crippen LogP contribution is -2.48. The van der Waals surface area contributed by atoms with E-state index >= 15 is 0 Å². The van der Waals surface area contributed by atoms with Gasteiger partial charge in [-0.3, -0.25) is 9.48 Å². The summed E-state index contributed by atoms with van der Waals surface area (Å²) in [4.78, 5) is 11.8. The second-order valence-electron chi connectivity index (χ2n) is 4.66. The summed E-state index contributed by atoms with van der Waals surface area (Å²) in [6.07, 6.45) is 5.13. The first-order valence-corrected chi connectivity index (χ1v) is 6.23. The summed E-state index contributed by atoms with van der Waals surface area (Å²) in [5.41, 5.74) is 0. The summed E-state index contributed by atoms with van der Waals surface area (Å²) < 4.78 is 1.78. The average molecular weight is 236 g/mol. The molecule has 5 nitrogen and oxygen atoms in total. The number of hydrogen-bond donors (Lipinski definition) is 2. The van der Waals surface area contributed by atoms with Crippen LogP contribution >= 0.6 is 0 Å². The van der Waals surface area contributed by atoms with Crippen molar-refractivity contribution in [2.45, 2.75) is 32.4 Å². The fourth-order valence-corrected chi connectivity index (χ4v) is 2.16. The second kappa shape index (κ2) is 5.82. The van der Waals surface area contributed by atoms with Crippen molar-refractivity contribution in [1.29, 1.82) is 0 Å². The number of carbonyl (C=O) groups is 1. The largest absolute Gasteiger partial charge is 0.353 e. The molecule has 1 fully saturated rings. The Morgan fingerprint density at radius 1 is 1.65 bits per heavy atom. The molecule has 0 spiro atoms. The molecule has 0 aliphatic carbocycles. The zero-order valence-corrected chi connectivity index (χ0v) is 10.2. The van der Waals surface area contributed by atoms with Crippen LogP contribution < -0.4 is 10.6 Å². The van der Waals surface area contributed by atoms with Crippen LogP contribution in [0, 0.1) is 5.92 Å². The first-order chi connectivity index (χ1) is 8.25. The molecule has 1 saturated heterocycles. The Labute approximate surface area is 102 Å². The smallest absolute Gasteiger partial charge is 0.222 e. The average Bonchev–Trinajstić information content (AvgIpc) is 2.82. The van der Waals surface area contributed by atoms with Crippen LogP contribution in [0.4, 0.5) is 0 Å². The van der Waals surface area contributed by atoms with Gasteiger partial charge in [0.05, 0.1) is 0 Å². The standard InChI is InChI=1S/C12H20N4O/c1-10-9-13-6-3-11(10)15-12(17)4-8-16-7-2-5-14-16/h2,5,7,10-11,13H,3-4,6,8-9H2,1H3,(H,15,17). The van der Waals surface area contributed by atoms with Gasteiger partial charge in [0.15, 0.2) is 0 Å². The molecule has 0 aromatic carbocycles. The fraction of sp³-hybridized carbons (Fsp3) is 0.667. The maximum Gasteiger partial charge on any atom is 0.222 e. The van der Waals surface area contributed by atoms with Crippen molar-refractivity contribution >= 4 is 5.91 Å². The van der Waals surface area contributed by atoms with Gasteiger partial charge in [-0.25, -0.2) is 0 Å². The topological polar surface area (TPSA) is 58.9 Å². The SMILES string of the molecule is CC1CNCCC1NC(=O)CCn1cccn1. The van der Waals surface area contributed by atoms with Crippen molar-refractivity contribution in [3.8, 4) is 0 Å². The molecule has 5 heteroatoms. The summed E-state index contributed by atoms with van der Waals surface area (Å²) in [5, 5.41) is 10.5. The highest BCUT2D eigenvalue weighted by atomic mass is 16.1. The molecular formula is C12H20N4O. The van der Waals surface area contributed by atoms with Crippen molar-refractivity contribution in [2.75, 3.05) is 13.1 Å². The first-order valence-electron chi connectivity index (χ1n) is 6.23. The van der Waals surface area contributed by atoms with Crippen LogP contribution in [0.15, 0.2) is 18.5 Å². The molecule has 1 aromatic heterocycles. The summed E-state index contributed by atoms with van der Waals surface area (Å²) in [6, 6.07) is 2.19. The Morgan fingerprint density at radius 3 is 3.24 bits per heavy atom. The van der Waals surface area contributed by atoms with Gasteiger partial charge in [0.25, 0.3) is 0 Å². The van der Waals surface area contributed by atoms with Crippen LogP contribution in [0.1, 0.15) is 19.8 Å². The molecule has 1 aliphatic rings. The normalized spacial score (nSPS) is 24.5. The van der Waals surface area contributed by atoms with Crippen LogP contribution in [0.3, 0.4) is 0 Å². The molecule has 0 radical (unpaired) electrons. The highest BCUT2D eigenvalue weighted by Gasteiger charge is 2.22. The lowest BCUT2D eigenvalue weighted by atomic mass is 9.95. The summed E-state index contributed by atoms with van der Waals surface area (Å²) in [7, 11) is 0. The fourth-order valence-electron chi connectivity index (χ4n) is 2.16. The lowest BCUT2D eigenvalue weighted by molar-refractivity contribution is -0.122. The molecule has 1 aromatic rings. The van der Waals surface area contributed by atoms with Gasteiger partial charge < -0.3 is 10.6 Å². The summed E-state index contributed by atoms with van der Waals surface area (Å²) in [6.45, 7) is 4.81. The van der Waals surface area contributed by atoms with Crippen LogP contribution in [-0.2, 0) is 11.3 Å². The molecule has 2 unspecified atom stereocenters. The Balaban J connectivity index is 1.73. The molecular weight excluding hydrogens is 216 g/mol. The molecule has 0 bridgehead atoms. The van der Waals surface area contributed by atoms with Crippen LogP contribution in [0.5, 0.6) is 0 Å². The van der Waals surface area contributed by atoms with Crippen molar-refractivity contribution in [3.05, 3.63) is 18.5 Å². The van der Waals surface area contributed by atoms with E-state index < -0.39 is 0 Å². The number of aromatic nitrogens is 2. The highest BCUT2D eigenvalue weighted by Crippen LogP contribution is 2.10. The molecule has 94 valence electrons. The number of hydrogen-bond acceptors (Lipinski definition) is 3. The van der Waals surface area contributed by atoms with E-state index in [2.05, 4.69) is 22.7 Å². The number of aryl methyl sites for hydroxylation is 1. The molecule has 2 N–H and O–H groups in total. The zero-order chi connectivity index (χ0) is 12.1. The number of amides is 1. The minimum Gasteiger partial charge on any atom is -0.353 e. The number of nitrogens with one attached hydrogen (secondary N) is 2. The minimum atomic E-state index is 0.124. The third-order valence-corrected chi connectivity index (χ3v) is 3.26. The van der Waals surface area contributed by atoms with Crippen LogP contribution in [-0.4, -0.2) is 34.8 Å². The zero-order valence-electron chi connectivity index (χ0n) is 10.2. The van der Waals surface area contributed by atoms with E-state index in [1.54, 1.807) is 10.9 Å². The number of piperidine rings is 1. The van der Waals surface area contributed by atoms with Crippen molar-refractivity contribution in [2.24, 2.45) is 5.92 Å². The van der Waals surface area contributed by atoms with Crippen LogP contribution in [0.25, 0.3) is 0 Å². The van der Waals surface area contributed by atoms with E-state index in [1.807, 2.05) is 12.3 Å². The Kier molecular flexibility index (Phi) is 4.14. The summed E-state index contributed by atoms with van der Waals surface area (Å²) >= 11 is 0.